The Hall–Kier alpha value is -1.70. The summed E-state index contributed by atoms with van der Waals surface area (Å²) in [5.41, 5.74) is 6.13. The Balaban J connectivity index is 0.00000192. The lowest BCUT2D eigenvalue weighted by atomic mass is 9.78. The molecule has 1 aliphatic rings. The van der Waals surface area contributed by atoms with Crippen LogP contribution in [0.5, 0.6) is 0 Å². The number of nitrogens with zero attached hydrogens (tertiary/aromatic N) is 1. The number of ketones is 1. The summed E-state index contributed by atoms with van der Waals surface area (Å²) in [4.78, 5) is 29.3. The number of nitrogens with two attached hydrogens (primary N) is 1. The van der Waals surface area contributed by atoms with Gasteiger partial charge in [-0.05, 0) is 24.0 Å². The number of carbonyl (C=O) groups excluding carboxylic acids is 2. The van der Waals surface area contributed by atoms with E-state index in [1.54, 1.807) is 12.1 Å². The first-order valence-electron chi connectivity index (χ1n) is 7.01. The number of furan rings is 1. The molecule has 0 radical (unpaired) electrons. The van der Waals surface area contributed by atoms with Crippen LogP contribution in [0, 0.1) is 5.41 Å². The minimum atomic E-state index is -0.391. The van der Waals surface area contributed by atoms with Crippen LogP contribution in [0.25, 0.3) is 0 Å². The molecule has 1 amide bonds. The normalized spacial score (nSPS) is 15.7. The lowest BCUT2D eigenvalue weighted by molar-refractivity contribution is 0.0915. The Morgan fingerprint density at radius 2 is 2.17 bits per heavy atom. The summed E-state index contributed by atoms with van der Waals surface area (Å²) in [6, 6.07) is 3.23. The number of Topliss-reactive ketones (excluding diaryl/α,β-unsaturated/α-hetero) is 1. The summed E-state index contributed by atoms with van der Waals surface area (Å²) in [5.74, 6) is 0.422. The van der Waals surface area contributed by atoms with E-state index in [2.05, 4.69) is 10.3 Å². The van der Waals surface area contributed by atoms with E-state index in [1.165, 1.54) is 11.3 Å². The Labute approximate surface area is 143 Å². The largest absolute Gasteiger partial charge is 0.455 e. The average Bonchev–Trinajstić information content (AvgIpc) is 3.03. The number of nitrogens with one attached hydrogen (secondary N) is 1. The Morgan fingerprint density at radius 3 is 2.83 bits per heavy atom. The zero-order valence-electron chi connectivity index (χ0n) is 12.8. The van der Waals surface area contributed by atoms with Crippen molar-refractivity contribution in [1.82, 2.24) is 4.98 Å². The van der Waals surface area contributed by atoms with Crippen molar-refractivity contribution in [2.45, 2.75) is 33.2 Å². The van der Waals surface area contributed by atoms with Crippen molar-refractivity contribution >= 4 is 40.6 Å². The van der Waals surface area contributed by atoms with Gasteiger partial charge in [0, 0.05) is 6.42 Å². The molecule has 2 aromatic heterocycles. The zero-order chi connectivity index (χ0) is 15.9. The fourth-order valence-electron chi connectivity index (χ4n) is 2.54. The quantitative estimate of drug-likeness (QED) is 0.881. The summed E-state index contributed by atoms with van der Waals surface area (Å²) in [5, 5.41) is 3.11. The second-order valence-corrected chi connectivity index (χ2v) is 7.16. The van der Waals surface area contributed by atoms with Crippen molar-refractivity contribution in [3.05, 3.63) is 34.2 Å². The van der Waals surface area contributed by atoms with Gasteiger partial charge in [-0.1, -0.05) is 25.2 Å². The number of carbonyl (C=O) groups is 2. The number of anilines is 1. The highest BCUT2D eigenvalue weighted by molar-refractivity contribution is 7.17. The zero-order valence-corrected chi connectivity index (χ0v) is 14.5. The van der Waals surface area contributed by atoms with Gasteiger partial charge in [0.25, 0.3) is 5.91 Å². The molecule has 0 bridgehead atoms. The van der Waals surface area contributed by atoms with E-state index >= 15 is 0 Å². The van der Waals surface area contributed by atoms with Gasteiger partial charge in [-0.2, -0.15) is 0 Å². The fraction of sp³-hybridized carbons (Fsp3) is 0.400. The third-order valence-electron chi connectivity index (χ3n) is 3.54. The van der Waals surface area contributed by atoms with Gasteiger partial charge < -0.3 is 10.2 Å². The topological polar surface area (TPSA) is 98.2 Å². The molecule has 0 fully saturated rings. The standard InChI is InChI=1S/C15H17N3O3S.ClH/c1-15(2)5-9-12(10(19)6-15)22-14(17-9)18-13(20)11-4-3-8(7-16)21-11;/h3-4H,5-7,16H2,1-2H3,(H,17,18,20);1H. The molecule has 0 atom stereocenters. The SMILES string of the molecule is CC1(C)CC(=O)c2sc(NC(=O)c3ccc(CN)o3)nc2C1.Cl. The Kier molecular flexibility index (Phi) is 4.93. The first-order valence-corrected chi connectivity index (χ1v) is 7.83. The van der Waals surface area contributed by atoms with Crippen LogP contribution in [0.1, 0.15) is 51.9 Å². The van der Waals surface area contributed by atoms with Crippen molar-refractivity contribution in [1.29, 1.82) is 0 Å². The molecule has 0 aliphatic heterocycles. The maximum atomic E-state index is 12.1. The van der Waals surface area contributed by atoms with Crippen molar-refractivity contribution in [3.63, 3.8) is 0 Å². The van der Waals surface area contributed by atoms with Crippen LogP contribution in [0.15, 0.2) is 16.5 Å². The second kappa shape index (κ2) is 6.43. The van der Waals surface area contributed by atoms with Crippen molar-refractivity contribution in [2.24, 2.45) is 11.1 Å². The van der Waals surface area contributed by atoms with Gasteiger partial charge in [-0.25, -0.2) is 4.98 Å². The molecule has 3 N–H and O–H groups in total. The molecule has 0 saturated heterocycles. The van der Waals surface area contributed by atoms with Crippen LogP contribution in [-0.4, -0.2) is 16.7 Å². The maximum absolute atomic E-state index is 12.1. The van der Waals surface area contributed by atoms with Crippen LogP contribution < -0.4 is 11.1 Å². The molecule has 8 heteroatoms. The Morgan fingerprint density at radius 1 is 1.43 bits per heavy atom. The summed E-state index contributed by atoms with van der Waals surface area (Å²) >= 11 is 1.22. The highest BCUT2D eigenvalue weighted by atomic mass is 35.5. The summed E-state index contributed by atoms with van der Waals surface area (Å²) in [6.45, 7) is 4.33. The van der Waals surface area contributed by atoms with E-state index in [1.807, 2.05) is 13.8 Å². The number of rotatable bonds is 3. The predicted octanol–water partition coefficient (Wildman–Crippen LogP) is 3.02. The highest BCUT2D eigenvalue weighted by Gasteiger charge is 2.34. The molecule has 0 unspecified atom stereocenters. The number of hydrogen-bond donors (Lipinski definition) is 2. The molecule has 0 spiro atoms. The van der Waals surface area contributed by atoms with Gasteiger partial charge in [-0.15, -0.1) is 12.4 Å². The van der Waals surface area contributed by atoms with E-state index in [9.17, 15) is 9.59 Å². The van der Waals surface area contributed by atoms with Crippen molar-refractivity contribution in [3.8, 4) is 0 Å². The average molecular weight is 356 g/mol. The van der Waals surface area contributed by atoms with Gasteiger partial charge in [0.15, 0.2) is 16.7 Å². The second-order valence-electron chi connectivity index (χ2n) is 6.16. The molecule has 124 valence electrons. The van der Waals surface area contributed by atoms with Crippen LogP contribution >= 0.6 is 23.7 Å². The first-order chi connectivity index (χ1) is 10.4. The molecule has 0 aromatic carbocycles. The highest BCUT2D eigenvalue weighted by Crippen LogP contribution is 2.38. The van der Waals surface area contributed by atoms with Crippen LogP contribution in [-0.2, 0) is 13.0 Å². The molecule has 0 saturated carbocycles. The Bertz CT molecular complexity index is 751. The first kappa shape index (κ1) is 17.7. The third-order valence-corrected chi connectivity index (χ3v) is 4.60. The van der Waals surface area contributed by atoms with Gasteiger partial charge in [-0.3, -0.25) is 14.9 Å². The third kappa shape index (κ3) is 3.63. The summed E-state index contributed by atoms with van der Waals surface area (Å²) in [7, 11) is 0. The lowest BCUT2D eigenvalue weighted by Crippen LogP contribution is -2.26. The van der Waals surface area contributed by atoms with E-state index in [4.69, 9.17) is 10.2 Å². The number of fused-ring (bicyclic) bond motifs is 1. The molecule has 3 rings (SSSR count). The van der Waals surface area contributed by atoms with Crippen LogP contribution in [0.4, 0.5) is 5.13 Å². The molecular weight excluding hydrogens is 338 g/mol. The van der Waals surface area contributed by atoms with Crippen molar-refractivity contribution < 1.29 is 14.0 Å². The van der Waals surface area contributed by atoms with Crippen LogP contribution in [0.2, 0.25) is 0 Å². The van der Waals surface area contributed by atoms with Gasteiger partial charge >= 0.3 is 0 Å². The molecule has 6 nitrogen and oxygen atoms in total. The van der Waals surface area contributed by atoms with E-state index in [-0.39, 0.29) is 35.9 Å². The lowest BCUT2D eigenvalue weighted by Gasteiger charge is -2.26. The summed E-state index contributed by atoms with van der Waals surface area (Å²) < 4.78 is 5.30. The van der Waals surface area contributed by atoms with Crippen molar-refractivity contribution in [2.75, 3.05) is 5.32 Å². The number of thiazole rings is 1. The monoisotopic (exact) mass is 355 g/mol. The molecular formula is C15H18ClN3O3S. The molecule has 2 heterocycles. The van der Waals surface area contributed by atoms with E-state index in [0.29, 0.717) is 22.2 Å². The smallest absolute Gasteiger partial charge is 0.293 e. The predicted molar refractivity (Wildman–Crippen MR) is 90.3 cm³/mol. The fourth-order valence-corrected chi connectivity index (χ4v) is 3.46. The van der Waals surface area contributed by atoms with Crippen LogP contribution in [0.3, 0.4) is 0 Å². The minimum absolute atomic E-state index is 0. The summed E-state index contributed by atoms with van der Waals surface area (Å²) in [6.07, 6.45) is 1.24. The number of hydrogen-bond acceptors (Lipinski definition) is 6. The van der Waals surface area contributed by atoms with Gasteiger partial charge in [0.1, 0.15) is 5.76 Å². The van der Waals surface area contributed by atoms with Gasteiger partial charge in [0.2, 0.25) is 0 Å². The number of halogens is 1. The van der Waals surface area contributed by atoms with E-state index < -0.39 is 5.91 Å². The molecule has 2 aromatic rings. The number of amides is 1. The molecule has 1 aliphatic carbocycles. The molecule has 23 heavy (non-hydrogen) atoms. The minimum Gasteiger partial charge on any atom is -0.455 e. The number of aromatic nitrogens is 1. The van der Waals surface area contributed by atoms with E-state index in [0.717, 1.165) is 12.1 Å². The van der Waals surface area contributed by atoms with Gasteiger partial charge in [0.05, 0.1) is 17.1 Å². The maximum Gasteiger partial charge on any atom is 0.293 e.